The van der Waals surface area contributed by atoms with Crippen LogP contribution in [-0.2, 0) is 14.3 Å². The molecule has 0 bridgehead atoms. The van der Waals surface area contributed by atoms with Crippen LogP contribution in [0.3, 0.4) is 0 Å². The normalized spacial score (nSPS) is 12.1. The first-order valence-electron chi connectivity index (χ1n) is 12.0. The molecule has 166 valence electrons. The minimum absolute atomic E-state index is 0.0849. The second-order valence-corrected chi connectivity index (χ2v) is 8.20. The van der Waals surface area contributed by atoms with E-state index in [0.29, 0.717) is 12.8 Å². The van der Waals surface area contributed by atoms with E-state index in [2.05, 4.69) is 6.92 Å². The summed E-state index contributed by atoms with van der Waals surface area (Å²) in [5.74, 6) is -1.15. The van der Waals surface area contributed by atoms with Crippen LogP contribution in [0.25, 0.3) is 0 Å². The van der Waals surface area contributed by atoms with Crippen molar-refractivity contribution in [3.05, 3.63) is 0 Å². The van der Waals surface area contributed by atoms with Gasteiger partial charge in [0.2, 0.25) is 0 Å². The fourth-order valence-corrected chi connectivity index (χ4v) is 3.60. The maximum Gasteiger partial charge on any atom is 0.307 e. The van der Waals surface area contributed by atoms with Crippen molar-refractivity contribution in [2.75, 3.05) is 0 Å². The zero-order valence-electron chi connectivity index (χ0n) is 18.7. The predicted molar refractivity (Wildman–Crippen MR) is 117 cm³/mol. The van der Waals surface area contributed by atoms with E-state index >= 15 is 0 Å². The van der Waals surface area contributed by atoms with Crippen molar-refractivity contribution in [2.45, 2.75) is 142 Å². The van der Waals surface area contributed by atoms with Crippen LogP contribution in [0.1, 0.15) is 136 Å². The summed E-state index contributed by atoms with van der Waals surface area (Å²) in [4.78, 5) is 22.6. The molecule has 0 heterocycles. The van der Waals surface area contributed by atoms with Crippen molar-refractivity contribution >= 4 is 11.9 Å². The van der Waals surface area contributed by atoms with Crippen molar-refractivity contribution in [2.24, 2.45) is 0 Å². The van der Waals surface area contributed by atoms with Crippen molar-refractivity contribution in [3.8, 4) is 0 Å². The zero-order valence-corrected chi connectivity index (χ0v) is 18.7. The molecule has 0 spiro atoms. The Labute approximate surface area is 173 Å². The van der Waals surface area contributed by atoms with E-state index in [0.717, 1.165) is 19.3 Å². The Morgan fingerprint density at radius 2 is 1.11 bits per heavy atom. The fourth-order valence-electron chi connectivity index (χ4n) is 3.60. The van der Waals surface area contributed by atoms with Gasteiger partial charge in [-0.1, -0.05) is 110 Å². The highest BCUT2D eigenvalue weighted by Gasteiger charge is 2.16. The minimum Gasteiger partial charge on any atom is -0.481 e. The van der Waals surface area contributed by atoms with E-state index in [1.54, 1.807) is 0 Å². The lowest BCUT2D eigenvalue weighted by molar-refractivity contribution is -0.153. The fraction of sp³-hybridized carbons (Fsp3) is 0.917. The molecule has 0 saturated heterocycles. The number of carboxylic acid groups (broad SMARTS) is 1. The molecule has 0 saturated carbocycles. The molecular weight excluding hydrogens is 352 g/mol. The summed E-state index contributed by atoms with van der Waals surface area (Å²) < 4.78 is 5.30. The molecule has 28 heavy (non-hydrogen) atoms. The first-order chi connectivity index (χ1) is 13.6. The summed E-state index contributed by atoms with van der Waals surface area (Å²) in [6.45, 7) is 4.24. The number of rotatable bonds is 21. The third-order valence-corrected chi connectivity index (χ3v) is 5.30. The van der Waals surface area contributed by atoms with Gasteiger partial charge in [-0.05, 0) is 12.8 Å². The Hall–Kier alpha value is -1.06. The average molecular weight is 399 g/mol. The number of hydrogen-bond donors (Lipinski definition) is 1. The van der Waals surface area contributed by atoms with Gasteiger partial charge in [-0.2, -0.15) is 0 Å². The Morgan fingerprint density at radius 1 is 0.679 bits per heavy atom. The molecule has 0 aromatic rings. The molecule has 0 aromatic heterocycles. The van der Waals surface area contributed by atoms with Crippen molar-refractivity contribution < 1.29 is 19.4 Å². The number of ether oxygens (including phenoxy) is 1. The largest absolute Gasteiger partial charge is 0.481 e. The maximum absolute atomic E-state index is 11.8. The molecule has 0 fully saturated rings. The quantitative estimate of drug-likeness (QED) is 0.161. The number of unbranched alkanes of at least 4 members (excludes halogenated alkanes) is 14. The van der Waals surface area contributed by atoms with Gasteiger partial charge in [-0.3, -0.25) is 9.59 Å². The lowest BCUT2D eigenvalue weighted by Crippen LogP contribution is -2.21. The summed E-state index contributed by atoms with van der Waals surface area (Å²) >= 11 is 0. The molecule has 4 nitrogen and oxygen atoms in total. The smallest absolute Gasteiger partial charge is 0.307 e. The molecule has 4 heteroatoms. The van der Waals surface area contributed by atoms with Crippen LogP contribution >= 0.6 is 0 Å². The monoisotopic (exact) mass is 398 g/mol. The molecule has 1 atom stereocenters. The Bertz CT molecular complexity index is 368. The highest BCUT2D eigenvalue weighted by molar-refractivity contribution is 5.71. The second-order valence-electron chi connectivity index (χ2n) is 8.20. The number of carbonyl (C=O) groups is 2. The van der Waals surface area contributed by atoms with Gasteiger partial charge in [0.05, 0.1) is 6.42 Å². The first-order valence-corrected chi connectivity index (χ1v) is 12.0. The first kappa shape index (κ1) is 26.9. The molecule has 1 N–H and O–H groups in total. The van der Waals surface area contributed by atoms with Gasteiger partial charge in [-0.15, -0.1) is 0 Å². The molecule has 0 aliphatic carbocycles. The van der Waals surface area contributed by atoms with Crippen LogP contribution < -0.4 is 0 Å². The lowest BCUT2D eigenvalue weighted by atomic mass is 10.0. The van der Waals surface area contributed by atoms with E-state index in [1.807, 2.05) is 6.92 Å². The number of carbonyl (C=O) groups excluding carboxylic acids is 1. The summed E-state index contributed by atoms with van der Waals surface area (Å²) in [6.07, 6.45) is 20.8. The number of aliphatic carboxylic acids is 1. The van der Waals surface area contributed by atoms with Crippen LogP contribution in [0.4, 0.5) is 0 Å². The zero-order chi connectivity index (χ0) is 20.9. The van der Waals surface area contributed by atoms with Gasteiger partial charge in [0.1, 0.15) is 6.10 Å². The predicted octanol–water partition coefficient (Wildman–Crippen LogP) is 7.43. The number of esters is 1. The summed E-state index contributed by atoms with van der Waals surface area (Å²) in [6, 6.07) is 0. The maximum atomic E-state index is 11.8. The van der Waals surface area contributed by atoms with Crippen LogP contribution in [0.2, 0.25) is 0 Å². The SMILES string of the molecule is CCCCCCCCCCCCCCCCCC(=O)OC(CCC)CC(=O)O. The molecule has 0 amide bonds. The van der Waals surface area contributed by atoms with Gasteiger partial charge in [0.15, 0.2) is 0 Å². The third-order valence-electron chi connectivity index (χ3n) is 5.30. The summed E-state index contributed by atoms with van der Waals surface area (Å²) in [7, 11) is 0. The molecule has 0 rings (SSSR count). The van der Waals surface area contributed by atoms with Crippen LogP contribution in [0.15, 0.2) is 0 Å². The van der Waals surface area contributed by atoms with Gasteiger partial charge in [0.25, 0.3) is 0 Å². The van der Waals surface area contributed by atoms with Gasteiger partial charge < -0.3 is 9.84 Å². The minimum atomic E-state index is -0.904. The molecular formula is C24H46O4. The lowest BCUT2D eigenvalue weighted by Gasteiger charge is -2.15. The summed E-state index contributed by atoms with van der Waals surface area (Å²) in [5.41, 5.74) is 0. The molecule has 1 unspecified atom stereocenters. The topological polar surface area (TPSA) is 63.6 Å². The van der Waals surface area contributed by atoms with Crippen molar-refractivity contribution in [1.29, 1.82) is 0 Å². The van der Waals surface area contributed by atoms with Crippen LogP contribution in [-0.4, -0.2) is 23.1 Å². The van der Waals surface area contributed by atoms with Crippen molar-refractivity contribution in [3.63, 3.8) is 0 Å². The Kier molecular flexibility index (Phi) is 19.9. The second kappa shape index (κ2) is 20.7. The van der Waals surface area contributed by atoms with E-state index in [1.165, 1.54) is 83.5 Å². The van der Waals surface area contributed by atoms with E-state index in [4.69, 9.17) is 9.84 Å². The van der Waals surface area contributed by atoms with Crippen LogP contribution in [0.5, 0.6) is 0 Å². The van der Waals surface area contributed by atoms with Gasteiger partial charge in [0, 0.05) is 6.42 Å². The average Bonchev–Trinajstić information content (AvgIpc) is 2.64. The third kappa shape index (κ3) is 19.7. The highest BCUT2D eigenvalue weighted by Crippen LogP contribution is 2.14. The standard InChI is InChI=1S/C24H46O4/c1-3-5-6-7-8-9-10-11-12-13-14-15-16-17-18-20-24(27)28-22(19-4-2)21-23(25)26/h22H,3-21H2,1-2H3,(H,25,26). The van der Waals surface area contributed by atoms with E-state index in [9.17, 15) is 9.59 Å². The molecule has 0 radical (unpaired) electrons. The number of hydrogen-bond acceptors (Lipinski definition) is 3. The Balaban J connectivity index is 3.38. The summed E-state index contributed by atoms with van der Waals surface area (Å²) in [5, 5.41) is 8.85. The van der Waals surface area contributed by atoms with Gasteiger partial charge in [-0.25, -0.2) is 0 Å². The highest BCUT2D eigenvalue weighted by atomic mass is 16.5. The number of carboxylic acids is 1. The van der Waals surface area contributed by atoms with Crippen LogP contribution in [0, 0.1) is 0 Å². The van der Waals surface area contributed by atoms with Crippen molar-refractivity contribution in [1.82, 2.24) is 0 Å². The molecule has 0 aromatic carbocycles. The molecule has 0 aliphatic rings. The van der Waals surface area contributed by atoms with Gasteiger partial charge >= 0.3 is 11.9 Å². The van der Waals surface area contributed by atoms with E-state index < -0.39 is 12.1 Å². The molecule has 0 aliphatic heterocycles. The van der Waals surface area contributed by atoms with E-state index in [-0.39, 0.29) is 12.4 Å². The Morgan fingerprint density at radius 3 is 1.50 bits per heavy atom.